The second-order valence-corrected chi connectivity index (χ2v) is 3.64. The van der Waals surface area contributed by atoms with Crippen LogP contribution >= 0.6 is 0 Å². The van der Waals surface area contributed by atoms with Crippen LogP contribution in [0.1, 0.15) is 40.5 Å². The van der Waals surface area contributed by atoms with Crippen molar-refractivity contribution >= 4 is 11.6 Å². The van der Waals surface area contributed by atoms with Gasteiger partial charge < -0.3 is 0 Å². The van der Waals surface area contributed by atoms with Crippen LogP contribution in [0.2, 0.25) is 0 Å². The molecule has 1 aliphatic carbocycles. The third kappa shape index (κ3) is 1.27. The van der Waals surface area contributed by atoms with E-state index in [4.69, 9.17) is 0 Å². The Labute approximate surface area is 82.9 Å². The average molecular weight is 188 g/mol. The fourth-order valence-electron chi connectivity index (χ4n) is 1.92. The highest BCUT2D eigenvalue weighted by Gasteiger charge is 2.30. The maximum atomic E-state index is 11.8. The molecule has 0 amide bonds. The van der Waals surface area contributed by atoms with Crippen LogP contribution in [0.4, 0.5) is 0 Å². The molecule has 0 radical (unpaired) electrons. The lowest BCUT2D eigenvalue weighted by Gasteiger charge is -2.20. The molecule has 0 bridgehead atoms. The Balaban J connectivity index is 2.51. The van der Waals surface area contributed by atoms with Crippen LogP contribution in [0.3, 0.4) is 0 Å². The molecule has 2 heteroatoms. The number of carbonyl (C=O) groups excluding carboxylic acids is 2. The topological polar surface area (TPSA) is 34.1 Å². The summed E-state index contributed by atoms with van der Waals surface area (Å²) in [5, 5.41) is 0. The number of Topliss-reactive ketones (excluding diaryl/α,β-unsaturated/α-hetero) is 2. The second-order valence-electron chi connectivity index (χ2n) is 3.64. The van der Waals surface area contributed by atoms with E-state index in [1.807, 2.05) is 13.0 Å². The smallest absolute Gasteiger partial charge is 0.167 e. The summed E-state index contributed by atoms with van der Waals surface area (Å²) in [6, 6.07) is 7.09. The Kier molecular flexibility index (Phi) is 2.20. The van der Waals surface area contributed by atoms with Crippen LogP contribution in [-0.2, 0) is 0 Å². The lowest BCUT2D eigenvalue weighted by Crippen LogP contribution is -2.26. The standard InChI is InChI=1S/C12H12O2/c1-2-8-7-11(13)9-5-3-4-6-10(9)12(8)14/h3-6,8H,2,7H2,1H3. The summed E-state index contributed by atoms with van der Waals surface area (Å²) >= 11 is 0. The Morgan fingerprint density at radius 2 is 1.86 bits per heavy atom. The molecule has 1 aromatic carbocycles. The number of ketones is 2. The Hall–Kier alpha value is -1.44. The predicted octanol–water partition coefficient (Wildman–Crippen LogP) is 2.48. The third-order valence-corrected chi connectivity index (χ3v) is 2.79. The van der Waals surface area contributed by atoms with Gasteiger partial charge in [-0.05, 0) is 6.42 Å². The third-order valence-electron chi connectivity index (χ3n) is 2.79. The second kappa shape index (κ2) is 3.37. The van der Waals surface area contributed by atoms with Crippen molar-refractivity contribution in [1.29, 1.82) is 0 Å². The van der Waals surface area contributed by atoms with Gasteiger partial charge in [-0.2, -0.15) is 0 Å². The molecule has 0 spiro atoms. The molecule has 1 aromatic rings. The zero-order valence-electron chi connectivity index (χ0n) is 8.12. The van der Waals surface area contributed by atoms with Crippen molar-refractivity contribution in [1.82, 2.24) is 0 Å². The monoisotopic (exact) mass is 188 g/mol. The van der Waals surface area contributed by atoms with E-state index in [9.17, 15) is 9.59 Å². The van der Waals surface area contributed by atoms with E-state index in [0.717, 1.165) is 6.42 Å². The van der Waals surface area contributed by atoms with Gasteiger partial charge in [0.2, 0.25) is 0 Å². The fourth-order valence-corrected chi connectivity index (χ4v) is 1.92. The molecule has 0 saturated carbocycles. The van der Waals surface area contributed by atoms with E-state index in [1.165, 1.54) is 0 Å². The lowest BCUT2D eigenvalue weighted by atomic mass is 9.81. The number of fused-ring (bicyclic) bond motifs is 1. The zero-order chi connectivity index (χ0) is 10.1. The first-order valence-corrected chi connectivity index (χ1v) is 4.90. The summed E-state index contributed by atoms with van der Waals surface area (Å²) in [5.74, 6) is 0.132. The van der Waals surface area contributed by atoms with Crippen LogP contribution in [0, 0.1) is 5.92 Å². The van der Waals surface area contributed by atoms with Gasteiger partial charge in [0.05, 0.1) is 0 Å². The lowest BCUT2D eigenvalue weighted by molar-refractivity contribution is 0.0820. The molecule has 14 heavy (non-hydrogen) atoms. The Morgan fingerprint density at radius 3 is 2.50 bits per heavy atom. The van der Waals surface area contributed by atoms with E-state index in [-0.39, 0.29) is 17.5 Å². The maximum Gasteiger partial charge on any atom is 0.167 e. The van der Waals surface area contributed by atoms with Crippen molar-refractivity contribution in [2.75, 3.05) is 0 Å². The molecule has 0 saturated heterocycles. The summed E-state index contributed by atoms with van der Waals surface area (Å²) in [4.78, 5) is 23.5. The molecular weight excluding hydrogens is 176 g/mol. The number of hydrogen-bond acceptors (Lipinski definition) is 2. The molecule has 1 unspecified atom stereocenters. The van der Waals surface area contributed by atoms with Gasteiger partial charge in [0.15, 0.2) is 11.6 Å². The van der Waals surface area contributed by atoms with E-state index in [0.29, 0.717) is 17.5 Å². The molecule has 2 nitrogen and oxygen atoms in total. The minimum atomic E-state index is -0.0996. The van der Waals surface area contributed by atoms with Gasteiger partial charge in [0.1, 0.15) is 0 Å². The van der Waals surface area contributed by atoms with Crippen molar-refractivity contribution < 1.29 is 9.59 Å². The summed E-state index contributed by atoms with van der Waals surface area (Å²) in [5.41, 5.74) is 1.21. The molecule has 1 atom stereocenters. The van der Waals surface area contributed by atoms with Crippen molar-refractivity contribution in [3.8, 4) is 0 Å². The van der Waals surface area contributed by atoms with Crippen LogP contribution < -0.4 is 0 Å². The summed E-state index contributed by atoms with van der Waals surface area (Å²) in [7, 11) is 0. The Morgan fingerprint density at radius 1 is 1.21 bits per heavy atom. The number of carbonyl (C=O) groups is 2. The van der Waals surface area contributed by atoms with Crippen molar-refractivity contribution in [3.63, 3.8) is 0 Å². The maximum absolute atomic E-state index is 11.8. The van der Waals surface area contributed by atoms with Gasteiger partial charge in [-0.25, -0.2) is 0 Å². The molecule has 0 heterocycles. The molecule has 2 rings (SSSR count). The van der Waals surface area contributed by atoms with E-state index < -0.39 is 0 Å². The largest absolute Gasteiger partial charge is 0.294 e. The highest BCUT2D eigenvalue weighted by molar-refractivity contribution is 6.14. The van der Waals surface area contributed by atoms with Crippen LogP contribution in [0.5, 0.6) is 0 Å². The normalized spacial score (nSPS) is 20.8. The average Bonchev–Trinajstić information content (AvgIpc) is 2.23. The molecule has 0 fully saturated rings. The van der Waals surface area contributed by atoms with Crippen LogP contribution in [0.15, 0.2) is 24.3 Å². The molecule has 0 N–H and O–H groups in total. The van der Waals surface area contributed by atoms with Gasteiger partial charge in [-0.15, -0.1) is 0 Å². The summed E-state index contributed by atoms with van der Waals surface area (Å²) in [6.45, 7) is 1.95. The van der Waals surface area contributed by atoms with E-state index >= 15 is 0 Å². The van der Waals surface area contributed by atoms with Gasteiger partial charge in [0, 0.05) is 23.5 Å². The number of benzene rings is 1. The fraction of sp³-hybridized carbons (Fsp3) is 0.333. The highest BCUT2D eigenvalue weighted by atomic mass is 16.1. The SMILES string of the molecule is CCC1CC(=O)c2ccccc2C1=O. The minimum Gasteiger partial charge on any atom is -0.294 e. The van der Waals surface area contributed by atoms with Gasteiger partial charge >= 0.3 is 0 Å². The van der Waals surface area contributed by atoms with Crippen LogP contribution in [0.25, 0.3) is 0 Å². The summed E-state index contributed by atoms with van der Waals surface area (Å²) < 4.78 is 0. The molecule has 72 valence electrons. The first kappa shape index (κ1) is 9.13. The molecule has 1 aliphatic rings. The van der Waals surface area contributed by atoms with Crippen molar-refractivity contribution in [3.05, 3.63) is 35.4 Å². The summed E-state index contributed by atoms with van der Waals surface area (Å²) in [6.07, 6.45) is 1.13. The molecule has 0 aliphatic heterocycles. The van der Waals surface area contributed by atoms with Gasteiger partial charge in [0.25, 0.3) is 0 Å². The van der Waals surface area contributed by atoms with Gasteiger partial charge in [-0.3, -0.25) is 9.59 Å². The quantitative estimate of drug-likeness (QED) is 0.678. The van der Waals surface area contributed by atoms with E-state index in [1.54, 1.807) is 18.2 Å². The minimum absolute atomic E-state index is 0.0996. The van der Waals surface area contributed by atoms with Gasteiger partial charge in [-0.1, -0.05) is 31.2 Å². The van der Waals surface area contributed by atoms with Crippen molar-refractivity contribution in [2.45, 2.75) is 19.8 Å². The zero-order valence-corrected chi connectivity index (χ0v) is 8.12. The number of rotatable bonds is 1. The highest BCUT2D eigenvalue weighted by Crippen LogP contribution is 2.26. The van der Waals surface area contributed by atoms with Crippen LogP contribution in [-0.4, -0.2) is 11.6 Å². The first-order chi connectivity index (χ1) is 6.74. The van der Waals surface area contributed by atoms with E-state index in [2.05, 4.69) is 0 Å². The Bertz CT molecular complexity index is 393. The molecular formula is C12H12O2. The first-order valence-electron chi connectivity index (χ1n) is 4.90. The van der Waals surface area contributed by atoms with Crippen molar-refractivity contribution in [2.24, 2.45) is 5.92 Å². The molecule has 0 aromatic heterocycles. The number of hydrogen-bond donors (Lipinski definition) is 0. The predicted molar refractivity (Wildman–Crippen MR) is 53.5 cm³/mol.